The van der Waals surface area contributed by atoms with Crippen LogP contribution in [0.1, 0.15) is 41.3 Å². The van der Waals surface area contributed by atoms with Crippen molar-refractivity contribution in [1.29, 1.82) is 0 Å². The number of amides is 1. The van der Waals surface area contributed by atoms with E-state index < -0.39 is 0 Å². The lowest BCUT2D eigenvalue weighted by atomic mass is 10.0. The van der Waals surface area contributed by atoms with E-state index in [0.717, 1.165) is 5.56 Å². The SMILES string of the molecule is CC(C)c1ccc(C(=S)NC(=O)c2ccccc2)cc1. The van der Waals surface area contributed by atoms with E-state index in [4.69, 9.17) is 12.2 Å². The molecule has 0 aliphatic rings. The molecule has 0 spiro atoms. The Morgan fingerprint density at radius 3 is 2.10 bits per heavy atom. The first-order valence-electron chi connectivity index (χ1n) is 6.58. The summed E-state index contributed by atoms with van der Waals surface area (Å²) in [4.78, 5) is 12.5. The second kappa shape index (κ2) is 6.44. The summed E-state index contributed by atoms with van der Waals surface area (Å²) in [6, 6.07) is 17.0. The maximum absolute atomic E-state index is 12.0. The molecule has 0 unspecified atom stereocenters. The van der Waals surface area contributed by atoms with Gasteiger partial charge in [0, 0.05) is 11.1 Å². The van der Waals surface area contributed by atoms with E-state index in [-0.39, 0.29) is 5.91 Å². The molecular weight excluding hydrogens is 266 g/mol. The van der Waals surface area contributed by atoms with Crippen LogP contribution in [0.15, 0.2) is 54.6 Å². The Morgan fingerprint density at radius 1 is 0.950 bits per heavy atom. The molecule has 20 heavy (non-hydrogen) atoms. The van der Waals surface area contributed by atoms with Crippen LogP contribution in [0, 0.1) is 0 Å². The van der Waals surface area contributed by atoms with Crippen molar-refractivity contribution in [3.05, 3.63) is 71.3 Å². The summed E-state index contributed by atoms with van der Waals surface area (Å²) in [6.45, 7) is 4.29. The van der Waals surface area contributed by atoms with Crippen molar-refractivity contribution in [2.24, 2.45) is 0 Å². The standard InChI is InChI=1S/C17H17NOS/c1-12(2)13-8-10-15(11-9-13)17(20)18-16(19)14-6-4-3-5-7-14/h3-12H,1-2H3,(H,18,19,20). The van der Waals surface area contributed by atoms with Crippen LogP contribution < -0.4 is 5.32 Å². The minimum absolute atomic E-state index is 0.177. The number of benzene rings is 2. The zero-order chi connectivity index (χ0) is 14.5. The van der Waals surface area contributed by atoms with Gasteiger partial charge in [-0.25, -0.2) is 0 Å². The lowest BCUT2D eigenvalue weighted by molar-refractivity contribution is 0.0978. The van der Waals surface area contributed by atoms with Gasteiger partial charge in [0.05, 0.1) is 0 Å². The number of carbonyl (C=O) groups is 1. The van der Waals surface area contributed by atoms with Crippen LogP contribution in [0.5, 0.6) is 0 Å². The molecular formula is C17H17NOS. The van der Waals surface area contributed by atoms with Gasteiger partial charge in [-0.05, 0) is 23.6 Å². The first kappa shape index (κ1) is 14.4. The van der Waals surface area contributed by atoms with Crippen molar-refractivity contribution < 1.29 is 4.79 Å². The lowest BCUT2D eigenvalue weighted by Gasteiger charge is -2.09. The highest BCUT2D eigenvalue weighted by atomic mass is 32.1. The molecule has 1 N–H and O–H groups in total. The molecule has 102 valence electrons. The number of nitrogens with one attached hydrogen (secondary N) is 1. The summed E-state index contributed by atoms with van der Waals surface area (Å²) in [5, 5.41) is 2.75. The summed E-state index contributed by atoms with van der Waals surface area (Å²) in [7, 11) is 0. The Labute approximate surface area is 124 Å². The van der Waals surface area contributed by atoms with Gasteiger partial charge in [0.25, 0.3) is 5.91 Å². The molecule has 2 aromatic rings. The first-order chi connectivity index (χ1) is 9.58. The Morgan fingerprint density at radius 2 is 1.55 bits per heavy atom. The molecule has 0 aliphatic carbocycles. The molecule has 0 heterocycles. The van der Waals surface area contributed by atoms with Gasteiger partial charge in [0.15, 0.2) is 0 Å². The van der Waals surface area contributed by atoms with Gasteiger partial charge >= 0.3 is 0 Å². The van der Waals surface area contributed by atoms with Gasteiger partial charge in [-0.2, -0.15) is 0 Å². The van der Waals surface area contributed by atoms with E-state index in [1.165, 1.54) is 5.56 Å². The predicted octanol–water partition coefficient (Wildman–Crippen LogP) is 3.92. The largest absolute Gasteiger partial charge is 0.312 e. The molecule has 0 saturated carbocycles. The zero-order valence-corrected chi connectivity index (χ0v) is 12.4. The van der Waals surface area contributed by atoms with Crippen molar-refractivity contribution >= 4 is 23.1 Å². The summed E-state index contributed by atoms with van der Waals surface area (Å²) in [6.07, 6.45) is 0. The van der Waals surface area contributed by atoms with Crippen LogP contribution in [0.25, 0.3) is 0 Å². The third-order valence-electron chi connectivity index (χ3n) is 3.10. The van der Waals surface area contributed by atoms with Crippen LogP contribution in [0.2, 0.25) is 0 Å². The molecule has 1 amide bonds. The van der Waals surface area contributed by atoms with Gasteiger partial charge in [-0.15, -0.1) is 0 Å². The molecule has 0 radical (unpaired) electrons. The van der Waals surface area contributed by atoms with E-state index in [0.29, 0.717) is 16.5 Å². The fourth-order valence-corrected chi connectivity index (χ4v) is 2.09. The summed E-state index contributed by atoms with van der Waals surface area (Å²) in [5.41, 5.74) is 2.72. The average Bonchev–Trinajstić information content (AvgIpc) is 2.48. The monoisotopic (exact) mass is 283 g/mol. The molecule has 0 aliphatic heterocycles. The zero-order valence-electron chi connectivity index (χ0n) is 11.6. The summed E-state index contributed by atoms with van der Waals surface area (Å²) < 4.78 is 0. The Kier molecular flexibility index (Phi) is 4.64. The van der Waals surface area contributed by atoms with E-state index in [1.807, 2.05) is 42.5 Å². The van der Waals surface area contributed by atoms with E-state index in [2.05, 4.69) is 19.2 Å². The van der Waals surface area contributed by atoms with E-state index in [1.54, 1.807) is 12.1 Å². The van der Waals surface area contributed by atoms with Crippen molar-refractivity contribution in [2.75, 3.05) is 0 Å². The molecule has 2 aromatic carbocycles. The van der Waals surface area contributed by atoms with Crippen LogP contribution in [-0.4, -0.2) is 10.9 Å². The molecule has 2 nitrogen and oxygen atoms in total. The van der Waals surface area contributed by atoms with Gasteiger partial charge in [0.1, 0.15) is 4.99 Å². The maximum atomic E-state index is 12.0. The first-order valence-corrected chi connectivity index (χ1v) is 6.99. The van der Waals surface area contributed by atoms with Crippen molar-refractivity contribution in [3.63, 3.8) is 0 Å². The van der Waals surface area contributed by atoms with Gasteiger partial charge in [-0.3, -0.25) is 4.79 Å². The highest BCUT2D eigenvalue weighted by Gasteiger charge is 2.09. The third kappa shape index (κ3) is 3.52. The lowest BCUT2D eigenvalue weighted by Crippen LogP contribution is -2.29. The quantitative estimate of drug-likeness (QED) is 0.865. The van der Waals surface area contributed by atoms with Crippen LogP contribution in [0.4, 0.5) is 0 Å². The third-order valence-corrected chi connectivity index (χ3v) is 3.44. The van der Waals surface area contributed by atoms with E-state index in [9.17, 15) is 4.79 Å². The van der Waals surface area contributed by atoms with Gasteiger partial charge < -0.3 is 5.32 Å². The summed E-state index contributed by atoms with van der Waals surface area (Å²) >= 11 is 5.27. The number of thiocarbonyl (C=S) groups is 1. The minimum atomic E-state index is -0.177. The Hall–Kier alpha value is -2.00. The second-order valence-electron chi connectivity index (χ2n) is 4.93. The molecule has 2 rings (SSSR count). The highest BCUT2D eigenvalue weighted by Crippen LogP contribution is 2.15. The Bertz CT molecular complexity index is 603. The van der Waals surface area contributed by atoms with Gasteiger partial charge in [-0.1, -0.05) is 68.5 Å². The minimum Gasteiger partial charge on any atom is -0.312 e. The van der Waals surface area contributed by atoms with Crippen LogP contribution in [0.3, 0.4) is 0 Å². The van der Waals surface area contributed by atoms with Crippen LogP contribution >= 0.6 is 12.2 Å². The molecule has 0 atom stereocenters. The highest BCUT2D eigenvalue weighted by molar-refractivity contribution is 7.80. The molecule has 0 saturated heterocycles. The van der Waals surface area contributed by atoms with Crippen molar-refractivity contribution in [3.8, 4) is 0 Å². The maximum Gasteiger partial charge on any atom is 0.256 e. The summed E-state index contributed by atoms with van der Waals surface area (Å²) in [5.74, 6) is 0.306. The normalized spacial score (nSPS) is 10.3. The second-order valence-corrected chi connectivity index (χ2v) is 5.33. The fourth-order valence-electron chi connectivity index (χ4n) is 1.86. The number of hydrogen-bond donors (Lipinski definition) is 1. The van der Waals surface area contributed by atoms with Gasteiger partial charge in [0.2, 0.25) is 0 Å². The molecule has 3 heteroatoms. The van der Waals surface area contributed by atoms with Crippen molar-refractivity contribution in [1.82, 2.24) is 5.32 Å². The number of carbonyl (C=O) groups excluding carboxylic acids is 1. The number of rotatable bonds is 3. The topological polar surface area (TPSA) is 29.1 Å². The average molecular weight is 283 g/mol. The number of hydrogen-bond acceptors (Lipinski definition) is 2. The Balaban J connectivity index is 2.07. The van der Waals surface area contributed by atoms with Crippen molar-refractivity contribution in [2.45, 2.75) is 19.8 Å². The molecule has 0 fully saturated rings. The molecule has 0 bridgehead atoms. The fraction of sp³-hybridized carbons (Fsp3) is 0.176. The molecule has 0 aromatic heterocycles. The predicted molar refractivity (Wildman–Crippen MR) is 86.1 cm³/mol. The smallest absolute Gasteiger partial charge is 0.256 e. The van der Waals surface area contributed by atoms with Crippen LogP contribution in [-0.2, 0) is 0 Å². The van der Waals surface area contributed by atoms with E-state index >= 15 is 0 Å².